The lowest BCUT2D eigenvalue weighted by atomic mass is 10.1. The maximum absolute atomic E-state index is 13.5. The molecule has 3 aromatic rings. The zero-order valence-electron chi connectivity index (χ0n) is 17.2. The number of nitrogens with one attached hydrogen (secondary N) is 1. The number of halogens is 2. The molecule has 8 heteroatoms. The van der Waals surface area contributed by atoms with Gasteiger partial charge in [-0.1, -0.05) is 74.0 Å². The number of carbonyl (C=O) groups is 2. The Kier molecular flexibility index (Phi) is 7.33. The molecule has 5 nitrogen and oxygen atoms in total. The maximum atomic E-state index is 13.5. The molecule has 4 rings (SSSR count). The Balaban J connectivity index is 1.72. The molecule has 1 heterocycles. The van der Waals surface area contributed by atoms with Crippen LogP contribution in [0.3, 0.4) is 0 Å². The molecule has 0 bridgehead atoms. The molecule has 2 amide bonds. The zero-order valence-corrected chi connectivity index (χ0v) is 21.2. The van der Waals surface area contributed by atoms with E-state index in [2.05, 4.69) is 37.2 Å². The van der Waals surface area contributed by atoms with Gasteiger partial charge < -0.3 is 5.32 Å². The van der Waals surface area contributed by atoms with Crippen LogP contribution in [0.5, 0.6) is 0 Å². The van der Waals surface area contributed by atoms with Gasteiger partial charge in [-0.2, -0.15) is 5.26 Å². The number of hydrogen-bond donors (Lipinski definition) is 1. The van der Waals surface area contributed by atoms with Crippen LogP contribution < -0.4 is 10.2 Å². The normalized spacial score (nSPS) is 16.9. The molecule has 1 atom stereocenters. The Labute approximate surface area is 212 Å². The smallest absolute Gasteiger partial charge is 0.269 e. The highest BCUT2D eigenvalue weighted by molar-refractivity contribution is 9.10. The van der Waals surface area contributed by atoms with Crippen molar-refractivity contribution in [1.29, 1.82) is 5.26 Å². The lowest BCUT2D eigenvalue weighted by Gasteiger charge is -2.19. The van der Waals surface area contributed by atoms with Gasteiger partial charge in [0.05, 0.1) is 5.25 Å². The van der Waals surface area contributed by atoms with Crippen molar-refractivity contribution in [2.75, 3.05) is 10.2 Å². The number of nitrogens with zero attached hydrogens (tertiary/aromatic N) is 2. The molecule has 3 aromatic carbocycles. The van der Waals surface area contributed by atoms with Crippen molar-refractivity contribution in [2.45, 2.75) is 11.7 Å². The highest BCUT2D eigenvalue weighted by atomic mass is 79.9. The van der Waals surface area contributed by atoms with E-state index >= 15 is 0 Å². The molecule has 0 unspecified atom stereocenters. The third-order valence-corrected chi connectivity index (χ3v) is 7.28. The molecular formula is C25H17Br2N3O2S. The van der Waals surface area contributed by atoms with Gasteiger partial charge in [0.1, 0.15) is 16.7 Å². The summed E-state index contributed by atoms with van der Waals surface area (Å²) in [6, 6.07) is 25.9. The number of carbonyl (C=O) groups excluding carboxylic acids is 2. The summed E-state index contributed by atoms with van der Waals surface area (Å²) in [6.07, 6.45) is 0.478. The molecule has 1 saturated heterocycles. The lowest BCUT2D eigenvalue weighted by molar-refractivity contribution is -0.117. The first-order valence-electron chi connectivity index (χ1n) is 9.97. The average molecular weight is 583 g/mol. The van der Waals surface area contributed by atoms with Gasteiger partial charge >= 0.3 is 0 Å². The predicted molar refractivity (Wildman–Crippen MR) is 139 cm³/mol. The van der Waals surface area contributed by atoms with E-state index in [1.54, 1.807) is 36.4 Å². The fourth-order valence-electron chi connectivity index (χ4n) is 3.36. The number of para-hydroxylation sites is 1. The van der Waals surface area contributed by atoms with Crippen molar-refractivity contribution in [2.24, 2.45) is 0 Å². The van der Waals surface area contributed by atoms with Crippen molar-refractivity contribution in [3.05, 3.63) is 104 Å². The van der Waals surface area contributed by atoms with Crippen LogP contribution in [0.15, 0.2) is 98.4 Å². The van der Waals surface area contributed by atoms with Crippen LogP contribution in [0.1, 0.15) is 5.56 Å². The number of anilines is 2. The highest BCUT2D eigenvalue weighted by Crippen LogP contribution is 2.42. The Morgan fingerprint density at radius 1 is 0.970 bits per heavy atom. The van der Waals surface area contributed by atoms with Crippen LogP contribution in [-0.2, 0) is 16.0 Å². The van der Waals surface area contributed by atoms with Crippen LogP contribution in [0.25, 0.3) is 0 Å². The molecule has 1 aliphatic rings. The van der Waals surface area contributed by atoms with E-state index in [4.69, 9.17) is 0 Å². The molecule has 164 valence electrons. The number of rotatable bonds is 5. The molecule has 0 saturated carbocycles. The Morgan fingerprint density at radius 3 is 2.18 bits per heavy atom. The van der Waals surface area contributed by atoms with E-state index in [-0.39, 0.29) is 11.5 Å². The van der Waals surface area contributed by atoms with Crippen molar-refractivity contribution < 1.29 is 9.59 Å². The third-order valence-electron chi connectivity index (χ3n) is 4.96. The van der Waals surface area contributed by atoms with Crippen molar-refractivity contribution in [3.8, 4) is 6.07 Å². The molecule has 0 radical (unpaired) electrons. The van der Waals surface area contributed by atoms with Crippen molar-refractivity contribution in [3.63, 3.8) is 0 Å². The van der Waals surface area contributed by atoms with Gasteiger partial charge in [-0.15, -0.1) is 0 Å². The molecule has 1 N–H and O–H groups in total. The number of benzene rings is 3. The molecular weight excluding hydrogens is 566 g/mol. The highest BCUT2D eigenvalue weighted by Gasteiger charge is 2.40. The fourth-order valence-corrected chi connectivity index (χ4v) is 5.20. The van der Waals surface area contributed by atoms with Crippen LogP contribution >= 0.6 is 43.6 Å². The molecule has 0 spiro atoms. The maximum Gasteiger partial charge on any atom is 0.269 e. The minimum Gasteiger partial charge on any atom is -0.321 e. The van der Waals surface area contributed by atoms with Gasteiger partial charge in [0.15, 0.2) is 0 Å². The number of amides is 2. The second kappa shape index (κ2) is 10.4. The largest absolute Gasteiger partial charge is 0.321 e. The number of nitriles is 1. The van der Waals surface area contributed by atoms with Crippen LogP contribution in [0, 0.1) is 11.3 Å². The van der Waals surface area contributed by atoms with Gasteiger partial charge in [0.25, 0.3) is 5.91 Å². The summed E-state index contributed by atoms with van der Waals surface area (Å²) in [5.41, 5.74) is 2.07. The van der Waals surface area contributed by atoms with Gasteiger partial charge in [-0.3, -0.25) is 14.5 Å². The van der Waals surface area contributed by atoms with Crippen LogP contribution in [0.2, 0.25) is 0 Å². The van der Waals surface area contributed by atoms with Gasteiger partial charge in [-0.25, -0.2) is 0 Å². The van der Waals surface area contributed by atoms with Gasteiger partial charge in [0.2, 0.25) is 5.91 Å². The second-order valence-corrected chi connectivity index (χ2v) is 10.2. The SMILES string of the molecule is N#C/C(C(=O)Nc1ccccc1)=C1/S[C@@H](Cc2ccc(Br)cc2)C(=O)N1c1ccc(Br)cc1. The van der Waals surface area contributed by atoms with E-state index in [0.717, 1.165) is 14.5 Å². The summed E-state index contributed by atoms with van der Waals surface area (Å²) in [4.78, 5) is 28.0. The summed E-state index contributed by atoms with van der Waals surface area (Å²) in [5, 5.41) is 12.5. The second-order valence-electron chi connectivity index (χ2n) is 7.20. The summed E-state index contributed by atoms with van der Waals surface area (Å²) >= 11 is 8.08. The quantitative estimate of drug-likeness (QED) is 0.284. The van der Waals surface area contributed by atoms with Crippen molar-refractivity contribution >= 4 is 66.8 Å². The molecule has 0 aliphatic carbocycles. The van der Waals surface area contributed by atoms with Crippen LogP contribution in [0.4, 0.5) is 11.4 Å². The number of thioether (sulfide) groups is 1. The zero-order chi connectivity index (χ0) is 23.4. The fraction of sp³-hybridized carbons (Fsp3) is 0.0800. The van der Waals surface area contributed by atoms with E-state index in [1.165, 1.54) is 16.7 Å². The molecule has 33 heavy (non-hydrogen) atoms. The molecule has 0 aromatic heterocycles. The standard InChI is InChI=1S/C25H17Br2N3O2S/c26-17-8-6-16(7-9-17)14-22-24(32)30(20-12-10-18(27)11-13-20)25(33-22)21(15-28)23(31)29-19-4-2-1-3-5-19/h1-13,22H,14H2,(H,29,31)/b25-21-/t22-/m0/s1. The average Bonchev–Trinajstić information content (AvgIpc) is 3.12. The predicted octanol–water partition coefficient (Wildman–Crippen LogP) is 6.28. The summed E-state index contributed by atoms with van der Waals surface area (Å²) < 4.78 is 1.82. The van der Waals surface area contributed by atoms with E-state index in [9.17, 15) is 14.9 Å². The first-order valence-corrected chi connectivity index (χ1v) is 12.4. The Hall–Kier alpha value is -2.86. The molecule has 1 fully saturated rings. The van der Waals surface area contributed by atoms with Crippen molar-refractivity contribution in [1.82, 2.24) is 0 Å². The lowest BCUT2D eigenvalue weighted by Crippen LogP contribution is -2.30. The van der Waals surface area contributed by atoms with E-state index < -0.39 is 11.2 Å². The Bertz CT molecular complexity index is 1250. The summed E-state index contributed by atoms with van der Waals surface area (Å²) in [5.74, 6) is -0.717. The molecule has 1 aliphatic heterocycles. The van der Waals surface area contributed by atoms with Gasteiger partial charge in [-0.05, 0) is 60.5 Å². The first-order chi connectivity index (χ1) is 16.0. The number of hydrogen-bond acceptors (Lipinski definition) is 4. The van der Waals surface area contributed by atoms with E-state index in [1.807, 2.05) is 48.5 Å². The monoisotopic (exact) mass is 581 g/mol. The Morgan fingerprint density at radius 2 is 1.58 bits per heavy atom. The summed E-state index contributed by atoms with van der Waals surface area (Å²) in [7, 11) is 0. The minimum atomic E-state index is -0.551. The van der Waals surface area contributed by atoms with E-state index in [0.29, 0.717) is 22.8 Å². The minimum absolute atomic E-state index is 0.0987. The van der Waals surface area contributed by atoms with Gasteiger partial charge in [0, 0.05) is 20.3 Å². The topological polar surface area (TPSA) is 73.2 Å². The summed E-state index contributed by atoms with van der Waals surface area (Å²) in [6.45, 7) is 0. The van der Waals surface area contributed by atoms with Crippen LogP contribution in [-0.4, -0.2) is 17.1 Å². The first kappa shape index (κ1) is 23.3. The third kappa shape index (κ3) is 5.38.